The van der Waals surface area contributed by atoms with Crippen LogP contribution in [0.4, 0.5) is 0 Å². The lowest BCUT2D eigenvalue weighted by Gasteiger charge is -2.16. The van der Waals surface area contributed by atoms with E-state index in [-0.39, 0.29) is 23.6 Å². The molecule has 0 radical (unpaired) electrons. The lowest BCUT2D eigenvalue weighted by molar-refractivity contribution is -0.120. The Balaban J connectivity index is 3.20. The molecule has 1 aliphatic carbocycles. The molecule has 0 heterocycles. The van der Waals surface area contributed by atoms with Crippen LogP contribution in [0.3, 0.4) is 0 Å². The van der Waals surface area contributed by atoms with Crippen molar-refractivity contribution in [2.45, 2.75) is 32.8 Å². The summed E-state index contributed by atoms with van der Waals surface area (Å²) in [6.07, 6.45) is 0.0355. The first kappa shape index (κ1) is 9.13. The molecule has 1 N–H and O–H groups in total. The Morgan fingerprint density at radius 1 is 1.58 bits per heavy atom. The van der Waals surface area contributed by atoms with Gasteiger partial charge in [-0.2, -0.15) is 0 Å². The summed E-state index contributed by atoms with van der Waals surface area (Å²) in [5.41, 5.74) is -0.432. The van der Waals surface area contributed by atoms with Gasteiger partial charge >= 0.3 is 0 Å². The van der Waals surface area contributed by atoms with Gasteiger partial charge in [-0.15, -0.1) is 0 Å². The second kappa shape index (κ2) is 2.52. The smallest absolute Gasteiger partial charge is 0.169 e. The van der Waals surface area contributed by atoms with Crippen LogP contribution in [0.1, 0.15) is 27.2 Å². The fraction of sp³-hybridized carbons (Fsp3) is 0.556. The number of rotatable bonds is 1. The molecule has 0 amide bonds. The number of ketones is 2. The minimum atomic E-state index is -1.11. The summed E-state index contributed by atoms with van der Waals surface area (Å²) in [6.45, 7) is 4.52. The van der Waals surface area contributed by atoms with Gasteiger partial charge in [-0.05, 0) is 26.3 Å². The van der Waals surface area contributed by atoms with E-state index < -0.39 is 5.60 Å². The van der Waals surface area contributed by atoms with E-state index >= 15 is 0 Å². The summed E-state index contributed by atoms with van der Waals surface area (Å²) in [5.74, 6) is -0.500. The highest BCUT2D eigenvalue weighted by atomic mass is 16.3. The summed E-state index contributed by atoms with van der Waals surface area (Å²) in [7, 11) is 0. The summed E-state index contributed by atoms with van der Waals surface area (Å²) < 4.78 is 0. The number of hydrogen-bond donors (Lipinski definition) is 1. The SMILES string of the molecule is CC(=O)C1=C(C)[C@@](C)(O)CC1=O. The van der Waals surface area contributed by atoms with E-state index in [1.165, 1.54) is 6.92 Å². The molecule has 66 valence electrons. The van der Waals surface area contributed by atoms with Crippen molar-refractivity contribution in [1.29, 1.82) is 0 Å². The van der Waals surface area contributed by atoms with Crippen molar-refractivity contribution in [3.8, 4) is 0 Å². The normalized spacial score (nSPS) is 29.8. The quantitative estimate of drug-likeness (QED) is 0.584. The maximum Gasteiger partial charge on any atom is 0.169 e. The van der Waals surface area contributed by atoms with E-state index in [9.17, 15) is 14.7 Å². The van der Waals surface area contributed by atoms with Crippen molar-refractivity contribution in [2.24, 2.45) is 0 Å². The van der Waals surface area contributed by atoms with Crippen LogP contribution in [0.2, 0.25) is 0 Å². The third kappa shape index (κ3) is 1.20. The zero-order valence-corrected chi connectivity index (χ0v) is 7.47. The predicted molar refractivity (Wildman–Crippen MR) is 43.6 cm³/mol. The van der Waals surface area contributed by atoms with Gasteiger partial charge in [-0.25, -0.2) is 0 Å². The number of Topliss-reactive ketones (excluding diaryl/α,β-unsaturated/α-hetero) is 2. The van der Waals surface area contributed by atoms with Gasteiger partial charge in [0.15, 0.2) is 11.6 Å². The van der Waals surface area contributed by atoms with E-state index in [2.05, 4.69) is 0 Å². The standard InChI is InChI=1S/C9H12O3/c1-5-8(6(2)10)7(11)4-9(5,3)12/h12H,4H2,1-3H3/t9-/m0/s1. The van der Waals surface area contributed by atoms with Crippen molar-refractivity contribution in [1.82, 2.24) is 0 Å². The zero-order valence-electron chi connectivity index (χ0n) is 7.47. The Morgan fingerprint density at radius 2 is 2.08 bits per heavy atom. The minimum absolute atomic E-state index is 0.0355. The highest BCUT2D eigenvalue weighted by Gasteiger charge is 2.39. The molecule has 0 aliphatic heterocycles. The summed E-state index contributed by atoms with van der Waals surface area (Å²) >= 11 is 0. The number of carbonyl (C=O) groups is 2. The third-order valence-electron chi connectivity index (χ3n) is 2.32. The Kier molecular flexibility index (Phi) is 1.92. The van der Waals surface area contributed by atoms with Crippen LogP contribution in [0.25, 0.3) is 0 Å². The van der Waals surface area contributed by atoms with Crippen molar-refractivity contribution >= 4 is 11.6 Å². The molecule has 1 rings (SSSR count). The van der Waals surface area contributed by atoms with E-state index in [1.807, 2.05) is 0 Å². The largest absolute Gasteiger partial charge is 0.385 e. The van der Waals surface area contributed by atoms with Gasteiger partial charge in [0.2, 0.25) is 0 Å². The van der Waals surface area contributed by atoms with Crippen molar-refractivity contribution < 1.29 is 14.7 Å². The van der Waals surface area contributed by atoms with Gasteiger partial charge in [0.1, 0.15) is 0 Å². The van der Waals surface area contributed by atoms with Crippen LogP contribution in [-0.2, 0) is 9.59 Å². The topological polar surface area (TPSA) is 54.4 Å². The molecule has 0 bridgehead atoms. The molecule has 1 atom stereocenters. The Bertz CT molecular complexity index is 284. The van der Waals surface area contributed by atoms with Gasteiger partial charge in [0.05, 0.1) is 11.2 Å². The van der Waals surface area contributed by atoms with Gasteiger partial charge < -0.3 is 5.11 Å². The first-order valence-corrected chi connectivity index (χ1v) is 3.84. The maximum atomic E-state index is 11.2. The Hall–Kier alpha value is -0.960. The van der Waals surface area contributed by atoms with Crippen LogP contribution < -0.4 is 0 Å². The molecule has 0 spiro atoms. The van der Waals surface area contributed by atoms with Crippen LogP contribution >= 0.6 is 0 Å². The van der Waals surface area contributed by atoms with Gasteiger partial charge in [0, 0.05) is 6.42 Å². The molecule has 0 saturated heterocycles. The lowest BCUT2D eigenvalue weighted by Crippen LogP contribution is -2.22. The number of hydrogen-bond acceptors (Lipinski definition) is 3. The second-order valence-electron chi connectivity index (χ2n) is 3.43. The lowest BCUT2D eigenvalue weighted by atomic mass is 9.99. The highest BCUT2D eigenvalue weighted by Crippen LogP contribution is 2.32. The molecule has 0 unspecified atom stereocenters. The van der Waals surface area contributed by atoms with Crippen LogP contribution in [-0.4, -0.2) is 22.3 Å². The maximum absolute atomic E-state index is 11.2. The van der Waals surface area contributed by atoms with Gasteiger partial charge in [0.25, 0.3) is 0 Å². The molecule has 12 heavy (non-hydrogen) atoms. The second-order valence-corrected chi connectivity index (χ2v) is 3.43. The van der Waals surface area contributed by atoms with Crippen LogP contribution in [0, 0.1) is 0 Å². The van der Waals surface area contributed by atoms with Crippen LogP contribution in [0.5, 0.6) is 0 Å². The predicted octanol–water partition coefficient (Wildman–Crippen LogP) is 0.616. The van der Waals surface area contributed by atoms with E-state index in [1.54, 1.807) is 13.8 Å². The minimum Gasteiger partial charge on any atom is -0.385 e. The average Bonchev–Trinajstić information content (AvgIpc) is 2.02. The van der Waals surface area contributed by atoms with Gasteiger partial charge in [-0.1, -0.05) is 0 Å². The zero-order chi connectivity index (χ0) is 9.52. The van der Waals surface area contributed by atoms with E-state index in [0.29, 0.717) is 5.57 Å². The molecular weight excluding hydrogens is 156 g/mol. The first-order valence-electron chi connectivity index (χ1n) is 3.84. The third-order valence-corrected chi connectivity index (χ3v) is 2.32. The van der Waals surface area contributed by atoms with Crippen LogP contribution in [0.15, 0.2) is 11.1 Å². The average molecular weight is 168 g/mol. The number of allylic oxidation sites excluding steroid dienone is 1. The van der Waals surface area contributed by atoms with Crippen molar-refractivity contribution in [3.05, 3.63) is 11.1 Å². The van der Waals surface area contributed by atoms with E-state index in [4.69, 9.17) is 0 Å². The first-order chi connectivity index (χ1) is 5.36. The van der Waals surface area contributed by atoms with Crippen molar-refractivity contribution in [3.63, 3.8) is 0 Å². The molecule has 3 heteroatoms. The van der Waals surface area contributed by atoms with Crippen molar-refractivity contribution in [2.75, 3.05) is 0 Å². The fourth-order valence-corrected chi connectivity index (χ4v) is 1.47. The molecule has 0 aromatic carbocycles. The van der Waals surface area contributed by atoms with E-state index in [0.717, 1.165) is 0 Å². The molecule has 0 aromatic rings. The fourth-order valence-electron chi connectivity index (χ4n) is 1.47. The number of carbonyl (C=O) groups excluding carboxylic acids is 2. The summed E-state index contributed by atoms with van der Waals surface area (Å²) in [5, 5.41) is 9.62. The molecule has 1 aliphatic rings. The summed E-state index contributed by atoms with van der Waals surface area (Å²) in [4.78, 5) is 22.2. The Morgan fingerprint density at radius 3 is 2.25 bits per heavy atom. The van der Waals surface area contributed by atoms with Gasteiger partial charge in [-0.3, -0.25) is 9.59 Å². The Labute approximate surface area is 71.1 Å². The molecule has 0 fully saturated rings. The molecular formula is C9H12O3. The monoisotopic (exact) mass is 168 g/mol. The molecule has 0 aromatic heterocycles. The molecule has 0 saturated carbocycles. The molecule has 3 nitrogen and oxygen atoms in total. The number of aliphatic hydroxyl groups is 1. The highest BCUT2D eigenvalue weighted by molar-refractivity contribution is 6.22. The summed E-state index contributed by atoms with van der Waals surface area (Å²) in [6, 6.07) is 0.